The van der Waals surface area contributed by atoms with Crippen LogP contribution < -0.4 is 0 Å². The van der Waals surface area contributed by atoms with Crippen LogP contribution in [0.15, 0.2) is 0 Å². The van der Waals surface area contributed by atoms with Gasteiger partial charge in [0.05, 0.1) is 12.0 Å². The van der Waals surface area contributed by atoms with Gasteiger partial charge in [-0.2, -0.15) is 0 Å². The summed E-state index contributed by atoms with van der Waals surface area (Å²) in [6.45, 7) is 8.57. The quantitative estimate of drug-likeness (QED) is 0.0684. The molecule has 0 spiro atoms. The third-order valence-electron chi connectivity index (χ3n) is 8.82. The predicted octanol–water partition coefficient (Wildman–Crippen LogP) is 10.3. The summed E-state index contributed by atoms with van der Waals surface area (Å²) < 4.78 is 5.85. The summed E-state index contributed by atoms with van der Waals surface area (Å²) in [6.07, 6.45) is 28.9. The molecule has 0 bridgehead atoms. The minimum absolute atomic E-state index is 0.0921. The van der Waals surface area contributed by atoms with Crippen molar-refractivity contribution in [2.24, 2.45) is 11.3 Å². The monoisotopic (exact) mass is 555 g/mol. The maximum Gasteiger partial charge on any atom is 0.312 e. The van der Waals surface area contributed by atoms with Crippen LogP contribution in [-0.4, -0.2) is 35.5 Å². The molecule has 0 aromatic rings. The topological polar surface area (TPSA) is 66.8 Å². The molecule has 0 aliphatic carbocycles. The fourth-order valence-corrected chi connectivity index (χ4v) is 6.22. The van der Waals surface area contributed by atoms with Crippen LogP contribution in [0.25, 0.3) is 0 Å². The van der Waals surface area contributed by atoms with Crippen LogP contribution in [0, 0.1) is 11.3 Å². The summed E-state index contributed by atoms with van der Waals surface area (Å²) in [5.74, 6) is 0.256. The summed E-state index contributed by atoms with van der Waals surface area (Å²) in [6, 6.07) is 0. The van der Waals surface area contributed by atoms with Crippen molar-refractivity contribution in [3.63, 3.8) is 0 Å². The molecule has 0 aromatic carbocycles. The molecule has 39 heavy (non-hydrogen) atoms. The second-order valence-electron chi connectivity index (χ2n) is 12.4. The second-order valence-corrected chi connectivity index (χ2v) is 12.4. The largest absolute Gasteiger partial charge is 0.462 e. The Bertz CT molecular complexity index is 507. The summed E-state index contributed by atoms with van der Waals surface area (Å²) in [5, 5.41) is 19.4. The SMILES string of the molecule is CCCCCCCCC(CCCCCCC)C(CCCCCCC)(CCCCCCC)C(=O)OCC(O)CO. The number of esters is 1. The Kier molecular flexibility index (Phi) is 27.1. The molecular weight excluding hydrogens is 484 g/mol. The Labute approximate surface area is 244 Å². The lowest BCUT2D eigenvalue weighted by Crippen LogP contribution is -2.42. The van der Waals surface area contributed by atoms with Gasteiger partial charge in [-0.1, -0.05) is 163 Å². The number of carbonyl (C=O) groups is 1. The molecule has 2 unspecified atom stereocenters. The zero-order valence-corrected chi connectivity index (χ0v) is 27.0. The van der Waals surface area contributed by atoms with Crippen LogP contribution in [0.2, 0.25) is 0 Å². The molecule has 0 fully saturated rings. The summed E-state index contributed by atoms with van der Waals surface area (Å²) >= 11 is 0. The maximum absolute atomic E-state index is 14.1. The lowest BCUT2D eigenvalue weighted by molar-refractivity contribution is -0.166. The van der Waals surface area contributed by atoms with E-state index in [1.165, 1.54) is 122 Å². The fraction of sp³-hybridized carbons (Fsp3) is 0.971. The number of ether oxygens (including phenoxy) is 1. The van der Waals surface area contributed by atoms with Crippen LogP contribution in [0.3, 0.4) is 0 Å². The lowest BCUT2D eigenvalue weighted by atomic mass is 9.65. The Hall–Kier alpha value is -0.610. The first kappa shape index (κ1) is 38.4. The van der Waals surface area contributed by atoms with E-state index in [0.717, 1.165) is 38.5 Å². The molecule has 2 N–H and O–H groups in total. The van der Waals surface area contributed by atoms with Gasteiger partial charge in [0.25, 0.3) is 0 Å². The van der Waals surface area contributed by atoms with Crippen molar-refractivity contribution in [3.05, 3.63) is 0 Å². The smallest absolute Gasteiger partial charge is 0.312 e. The molecule has 0 amide bonds. The van der Waals surface area contributed by atoms with Gasteiger partial charge in [-0.05, 0) is 31.6 Å². The van der Waals surface area contributed by atoms with Crippen molar-refractivity contribution in [1.29, 1.82) is 0 Å². The number of aliphatic hydroxyl groups excluding tert-OH is 2. The average molecular weight is 555 g/mol. The number of aliphatic hydroxyl groups is 2. The molecule has 0 aliphatic heterocycles. The first-order valence-electron chi connectivity index (χ1n) is 17.5. The Morgan fingerprint density at radius 2 is 0.949 bits per heavy atom. The molecule has 0 rings (SSSR count). The normalized spacial score (nSPS) is 13.5. The van der Waals surface area contributed by atoms with Crippen molar-refractivity contribution in [1.82, 2.24) is 0 Å². The molecule has 0 aliphatic rings. The molecule has 0 saturated carbocycles. The third kappa shape index (κ3) is 19.2. The summed E-state index contributed by atoms with van der Waals surface area (Å²) in [5.41, 5.74) is -0.457. The standard InChI is InChI=1S/C35H70O4/c1-5-9-13-17-19-23-27-32(26-22-18-14-10-6-2)35(28-24-20-15-11-7-3,29-25-21-16-12-8-4)34(38)39-31-33(37)30-36/h32-33,36-37H,5-31H2,1-4H3. The molecule has 0 heterocycles. The van der Waals surface area contributed by atoms with Gasteiger partial charge in [-0.25, -0.2) is 0 Å². The summed E-state index contributed by atoms with van der Waals surface area (Å²) in [4.78, 5) is 14.1. The maximum atomic E-state index is 14.1. The van der Waals surface area contributed by atoms with E-state index in [9.17, 15) is 15.0 Å². The number of carbonyl (C=O) groups excluding carboxylic acids is 1. The molecule has 4 nitrogen and oxygen atoms in total. The minimum atomic E-state index is -0.994. The highest BCUT2D eigenvalue weighted by molar-refractivity contribution is 5.77. The third-order valence-corrected chi connectivity index (χ3v) is 8.82. The van der Waals surface area contributed by atoms with E-state index in [2.05, 4.69) is 27.7 Å². The van der Waals surface area contributed by atoms with E-state index in [4.69, 9.17) is 4.74 Å². The average Bonchev–Trinajstić information content (AvgIpc) is 2.95. The molecular formula is C35H70O4. The molecule has 234 valence electrons. The molecule has 0 aromatic heterocycles. The zero-order valence-electron chi connectivity index (χ0n) is 27.0. The van der Waals surface area contributed by atoms with Gasteiger partial charge in [0.15, 0.2) is 0 Å². The highest BCUT2D eigenvalue weighted by atomic mass is 16.5. The van der Waals surface area contributed by atoms with E-state index in [0.29, 0.717) is 5.92 Å². The first-order chi connectivity index (χ1) is 19.0. The van der Waals surface area contributed by atoms with Gasteiger partial charge in [-0.3, -0.25) is 4.79 Å². The van der Waals surface area contributed by atoms with Gasteiger partial charge in [0, 0.05) is 0 Å². The van der Waals surface area contributed by atoms with Crippen molar-refractivity contribution in [2.45, 2.75) is 194 Å². The van der Waals surface area contributed by atoms with E-state index < -0.39 is 11.5 Å². The van der Waals surface area contributed by atoms with Crippen molar-refractivity contribution >= 4 is 5.97 Å². The zero-order chi connectivity index (χ0) is 29.0. The lowest BCUT2D eigenvalue weighted by Gasteiger charge is -2.40. The molecule has 2 atom stereocenters. The molecule has 0 radical (unpaired) electrons. The number of hydrogen-bond donors (Lipinski definition) is 2. The van der Waals surface area contributed by atoms with E-state index in [-0.39, 0.29) is 19.2 Å². The van der Waals surface area contributed by atoms with Crippen LogP contribution in [-0.2, 0) is 9.53 Å². The van der Waals surface area contributed by atoms with Gasteiger partial charge in [-0.15, -0.1) is 0 Å². The Morgan fingerprint density at radius 3 is 1.33 bits per heavy atom. The molecule has 4 heteroatoms. The second kappa shape index (κ2) is 27.6. The predicted molar refractivity (Wildman–Crippen MR) is 168 cm³/mol. The highest BCUT2D eigenvalue weighted by Gasteiger charge is 2.45. The number of hydrogen-bond acceptors (Lipinski definition) is 4. The van der Waals surface area contributed by atoms with Crippen LogP contribution in [0.1, 0.15) is 188 Å². The molecule has 0 saturated heterocycles. The van der Waals surface area contributed by atoms with Gasteiger partial charge >= 0.3 is 5.97 Å². The van der Waals surface area contributed by atoms with E-state index >= 15 is 0 Å². The fourth-order valence-electron chi connectivity index (χ4n) is 6.22. The van der Waals surface area contributed by atoms with Gasteiger partial charge < -0.3 is 14.9 Å². The van der Waals surface area contributed by atoms with E-state index in [1.807, 2.05) is 0 Å². The van der Waals surface area contributed by atoms with Gasteiger partial charge in [0.2, 0.25) is 0 Å². The van der Waals surface area contributed by atoms with Crippen LogP contribution >= 0.6 is 0 Å². The van der Waals surface area contributed by atoms with Crippen molar-refractivity contribution < 1.29 is 19.7 Å². The Morgan fingerprint density at radius 1 is 0.590 bits per heavy atom. The Balaban J connectivity index is 5.86. The summed E-state index contributed by atoms with van der Waals surface area (Å²) in [7, 11) is 0. The van der Waals surface area contributed by atoms with Crippen LogP contribution in [0.5, 0.6) is 0 Å². The van der Waals surface area contributed by atoms with Gasteiger partial charge in [0.1, 0.15) is 12.7 Å². The highest BCUT2D eigenvalue weighted by Crippen LogP contribution is 2.46. The van der Waals surface area contributed by atoms with Crippen LogP contribution in [0.4, 0.5) is 0 Å². The van der Waals surface area contributed by atoms with E-state index in [1.54, 1.807) is 0 Å². The number of unbranched alkanes of at least 4 members (excludes halogenated alkanes) is 17. The van der Waals surface area contributed by atoms with Crippen molar-refractivity contribution in [2.75, 3.05) is 13.2 Å². The minimum Gasteiger partial charge on any atom is -0.462 e. The first-order valence-corrected chi connectivity index (χ1v) is 17.5. The van der Waals surface area contributed by atoms with Crippen molar-refractivity contribution in [3.8, 4) is 0 Å². The number of rotatable bonds is 30.